The number of quaternary nitrogens is 1. The molecule has 452 valence electrons. The van der Waals surface area contributed by atoms with Gasteiger partial charge in [0.15, 0.2) is 0 Å². The number of ether oxygens (including phenoxy) is 1. The zero-order chi connectivity index (χ0) is 57.2. The first-order chi connectivity index (χ1) is 37.9. The molecule has 0 aliphatic rings. The molecule has 9 nitrogen and oxygen atoms in total. The summed E-state index contributed by atoms with van der Waals surface area (Å²) in [6, 6.07) is -0.859. The lowest BCUT2D eigenvalue weighted by atomic mass is 10.0. The van der Waals surface area contributed by atoms with Gasteiger partial charge < -0.3 is 19.4 Å². The van der Waals surface area contributed by atoms with Crippen molar-refractivity contribution in [2.75, 3.05) is 40.9 Å². The van der Waals surface area contributed by atoms with E-state index in [0.29, 0.717) is 17.4 Å². The number of phosphoric acid groups is 1. The molecule has 0 saturated heterocycles. The smallest absolute Gasteiger partial charge is 0.456 e. The monoisotopic (exact) mass is 1110 g/mol. The number of carbonyl (C=O) groups is 2. The molecule has 0 rings (SSSR count). The fourth-order valence-corrected chi connectivity index (χ4v) is 9.82. The summed E-state index contributed by atoms with van der Waals surface area (Å²) in [5, 5.41) is 3.06. The minimum absolute atomic E-state index is 0.0346. The van der Waals surface area contributed by atoms with Crippen LogP contribution < -0.4 is 5.32 Å². The van der Waals surface area contributed by atoms with E-state index in [1.54, 1.807) is 0 Å². The van der Waals surface area contributed by atoms with Crippen molar-refractivity contribution in [1.29, 1.82) is 0 Å². The second-order valence-electron chi connectivity index (χ2n) is 22.9. The molecular weight excluding hydrogens is 988 g/mol. The molecule has 1 amide bonds. The molecule has 0 aromatic carbocycles. The third-order valence-electron chi connectivity index (χ3n) is 14.1. The van der Waals surface area contributed by atoms with Crippen LogP contribution in [0.15, 0.2) is 85.1 Å². The van der Waals surface area contributed by atoms with Gasteiger partial charge in [-0.15, -0.1) is 0 Å². The molecular formula is C68H124N2O7P+. The summed E-state index contributed by atoms with van der Waals surface area (Å²) < 4.78 is 30.7. The van der Waals surface area contributed by atoms with Crippen LogP contribution in [0.5, 0.6) is 0 Å². The van der Waals surface area contributed by atoms with Crippen LogP contribution in [0.2, 0.25) is 0 Å². The van der Waals surface area contributed by atoms with Crippen LogP contribution in [0.1, 0.15) is 284 Å². The van der Waals surface area contributed by atoms with E-state index in [9.17, 15) is 19.0 Å². The van der Waals surface area contributed by atoms with Crippen molar-refractivity contribution >= 4 is 19.7 Å². The highest BCUT2D eigenvalue weighted by molar-refractivity contribution is 7.47. The molecule has 0 fully saturated rings. The van der Waals surface area contributed by atoms with Crippen LogP contribution in [-0.2, 0) is 27.9 Å². The maximum Gasteiger partial charge on any atom is 0.472 e. The molecule has 0 heterocycles. The summed E-state index contributed by atoms with van der Waals surface area (Å²) in [6.07, 6.45) is 75.8. The molecule has 0 saturated carbocycles. The van der Waals surface area contributed by atoms with Crippen LogP contribution in [0.4, 0.5) is 0 Å². The van der Waals surface area contributed by atoms with Gasteiger partial charge in [-0.2, -0.15) is 0 Å². The summed E-state index contributed by atoms with van der Waals surface area (Å²) in [7, 11) is 1.48. The fourth-order valence-electron chi connectivity index (χ4n) is 9.08. The van der Waals surface area contributed by atoms with Gasteiger partial charge in [0.25, 0.3) is 0 Å². The van der Waals surface area contributed by atoms with Gasteiger partial charge in [0.05, 0.1) is 33.8 Å². The number of hydrogen-bond donors (Lipinski definition) is 2. The minimum Gasteiger partial charge on any atom is -0.456 e. The molecule has 0 aromatic heterocycles. The zero-order valence-electron chi connectivity index (χ0n) is 51.6. The van der Waals surface area contributed by atoms with Gasteiger partial charge in [-0.05, 0) is 102 Å². The Labute approximate surface area is 482 Å². The van der Waals surface area contributed by atoms with Gasteiger partial charge in [-0.1, -0.05) is 254 Å². The van der Waals surface area contributed by atoms with Crippen LogP contribution in [0.3, 0.4) is 0 Å². The Kier molecular flexibility index (Phi) is 55.4. The number of rotatable bonds is 58. The van der Waals surface area contributed by atoms with Crippen molar-refractivity contribution in [2.45, 2.75) is 296 Å². The molecule has 2 N–H and O–H groups in total. The number of nitrogens with zero attached hydrogens (tertiary/aromatic N) is 1. The summed E-state index contributed by atoms with van der Waals surface area (Å²) >= 11 is 0. The fraction of sp³-hybridized carbons (Fsp3) is 0.765. The number of esters is 1. The molecule has 3 atom stereocenters. The number of amides is 1. The van der Waals surface area contributed by atoms with Crippen LogP contribution in [0, 0.1) is 0 Å². The van der Waals surface area contributed by atoms with Gasteiger partial charge in [0, 0.05) is 12.8 Å². The van der Waals surface area contributed by atoms with Gasteiger partial charge in [0.2, 0.25) is 5.91 Å². The minimum atomic E-state index is -4.46. The van der Waals surface area contributed by atoms with Crippen LogP contribution in [0.25, 0.3) is 0 Å². The van der Waals surface area contributed by atoms with Crippen molar-refractivity contribution in [1.82, 2.24) is 5.32 Å². The van der Waals surface area contributed by atoms with Crippen LogP contribution in [-0.4, -0.2) is 74.3 Å². The average molecular weight is 1110 g/mol. The van der Waals surface area contributed by atoms with Crippen molar-refractivity contribution in [3.05, 3.63) is 85.1 Å². The molecule has 10 heteroatoms. The predicted molar refractivity (Wildman–Crippen MR) is 337 cm³/mol. The lowest BCUT2D eigenvalue weighted by Crippen LogP contribution is -2.47. The summed E-state index contributed by atoms with van der Waals surface area (Å²) in [5.41, 5.74) is 0. The van der Waals surface area contributed by atoms with Gasteiger partial charge in [-0.3, -0.25) is 18.6 Å². The first kappa shape index (κ1) is 75.2. The molecule has 0 spiro atoms. The topological polar surface area (TPSA) is 111 Å². The Morgan fingerprint density at radius 3 is 1.26 bits per heavy atom. The van der Waals surface area contributed by atoms with E-state index >= 15 is 0 Å². The predicted octanol–water partition coefficient (Wildman–Crippen LogP) is 20.2. The second-order valence-corrected chi connectivity index (χ2v) is 24.4. The number of likely N-dealkylation sites (N-methyl/N-ethyl adjacent to an activating group) is 1. The second kappa shape index (κ2) is 57.4. The van der Waals surface area contributed by atoms with E-state index in [1.807, 2.05) is 33.3 Å². The highest BCUT2D eigenvalue weighted by atomic mass is 31.2. The number of nitrogens with one attached hydrogen (secondary N) is 1. The van der Waals surface area contributed by atoms with E-state index < -0.39 is 20.0 Å². The van der Waals surface area contributed by atoms with Crippen molar-refractivity contribution < 1.29 is 37.3 Å². The van der Waals surface area contributed by atoms with E-state index in [2.05, 4.69) is 99.0 Å². The number of unbranched alkanes of at least 4 members (excludes halogenated alkanes) is 30. The van der Waals surface area contributed by atoms with Gasteiger partial charge >= 0.3 is 13.8 Å². The number of hydrogen-bond acceptors (Lipinski definition) is 6. The number of allylic oxidation sites excluding steroid dienone is 13. The SMILES string of the molecule is CC/C=C/C/C=C/CCCCCCCCCC(=O)OC(/C=C\CCCCCCCCCCCCC)C(COP(=O)(O)OCC[N+](C)(C)C)NC(=O)CCCCCCCCCCC/C=C\C/C=C\C/C=C\C/C=C\CCCCC. The Morgan fingerprint density at radius 2 is 0.821 bits per heavy atom. The van der Waals surface area contributed by atoms with Crippen molar-refractivity contribution in [2.24, 2.45) is 0 Å². The molecule has 78 heavy (non-hydrogen) atoms. The van der Waals surface area contributed by atoms with E-state index in [1.165, 1.54) is 135 Å². The molecule has 0 aliphatic heterocycles. The quantitative estimate of drug-likeness (QED) is 0.0205. The van der Waals surface area contributed by atoms with Gasteiger partial charge in [0.1, 0.15) is 19.3 Å². The Balaban J connectivity index is 5.17. The molecule has 0 radical (unpaired) electrons. The molecule has 3 unspecified atom stereocenters. The normalized spacial score (nSPS) is 14.2. The van der Waals surface area contributed by atoms with Crippen molar-refractivity contribution in [3.63, 3.8) is 0 Å². The molecule has 0 bridgehead atoms. The van der Waals surface area contributed by atoms with Crippen LogP contribution >= 0.6 is 7.82 Å². The third kappa shape index (κ3) is 57.9. The Morgan fingerprint density at radius 1 is 0.462 bits per heavy atom. The highest BCUT2D eigenvalue weighted by Crippen LogP contribution is 2.43. The maximum atomic E-state index is 13.6. The lowest BCUT2D eigenvalue weighted by Gasteiger charge is -2.27. The van der Waals surface area contributed by atoms with E-state index in [-0.39, 0.29) is 31.5 Å². The first-order valence-electron chi connectivity index (χ1n) is 32.4. The third-order valence-corrected chi connectivity index (χ3v) is 15.1. The maximum absolute atomic E-state index is 13.6. The molecule has 0 aromatic rings. The average Bonchev–Trinajstić information content (AvgIpc) is 3.40. The number of phosphoric ester groups is 1. The van der Waals surface area contributed by atoms with Crippen molar-refractivity contribution in [3.8, 4) is 0 Å². The highest BCUT2D eigenvalue weighted by Gasteiger charge is 2.30. The van der Waals surface area contributed by atoms with Gasteiger partial charge in [-0.25, -0.2) is 4.57 Å². The van der Waals surface area contributed by atoms with E-state index in [0.717, 1.165) is 116 Å². The standard InChI is InChI=1S/C68H123N2O7P/c1-7-10-13-16-19-22-25-28-30-31-32-33-34-35-36-37-38-39-40-42-45-48-51-54-57-60-67(71)69-65(64-76-78(73,74)75-63-62-70(4,5)6)66(59-56-53-50-47-44-41-27-24-21-18-15-12-9-3)77-68(72)61-58-55-52-49-46-43-29-26-23-20-17-14-11-8-2/h11,14,19-20,22-23,28,30,32-33,35-36,56,59,65-66H,7-10,12-13,15-18,21,24-27,29,31,34,37-55,57-58,60-64H2,1-6H3,(H-,69,71,73,74)/p+1/b14-11+,22-19-,23-20+,30-28-,33-32-,36-35-,59-56-. The Bertz CT molecular complexity index is 1610. The summed E-state index contributed by atoms with van der Waals surface area (Å²) in [6.45, 7) is 6.88. The molecule has 0 aliphatic carbocycles. The Hall–Kier alpha value is -2.81. The lowest BCUT2D eigenvalue weighted by molar-refractivity contribution is -0.870. The summed E-state index contributed by atoms with van der Waals surface area (Å²) in [4.78, 5) is 37.8. The zero-order valence-corrected chi connectivity index (χ0v) is 52.5. The first-order valence-corrected chi connectivity index (χ1v) is 33.9. The van der Waals surface area contributed by atoms with E-state index in [4.69, 9.17) is 13.8 Å². The number of carbonyl (C=O) groups excluding carboxylic acids is 2. The largest absolute Gasteiger partial charge is 0.472 e. The summed E-state index contributed by atoms with van der Waals surface area (Å²) in [5.74, 6) is -0.520.